The molecule has 0 spiro atoms. The van der Waals surface area contributed by atoms with Crippen LogP contribution in [0.1, 0.15) is 5.56 Å². The van der Waals surface area contributed by atoms with Gasteiger partial charge in [0.15, 0.2) is 0 Å². The Bertz CT molecular complexity index is 630. The molecule has 2 aromatic rings. The first-order valence-electron chi connectivity index (χ1n) is 7.41. The summed E-state index contributed by atoms with van der Waals surface area (Å²) in [6.45, 7) is 6.28. The first-order chi connectivity index (χ1) is 10.1. The summed E-state index contributed by atoms with van der Waals surface area (Å²) in [4.78, 5) is 9.51. The number of likely N-dealkylation sites (N-methyl/N-ethyl adjacent to an activating group) is 1. The number of benzene rings is 1. The van der Waals surface area contributed by atoms with Gasteiger partial charge in [0.05, 0.1) is 11.4 Å². The number of nitrogens with two attached hydrogens (primary N) is 1. The van der Waals surface area contributed by atoms with Gasteiger partial charge in [-0.05, 0) is 31.7 Å². The number of hydrogen-bond donors (Lipinski definition) is 1. The average Bonchev–Trinajstić information content (AvgIpc) is 2.50. The number of aryl methyl sites for hydroxylation is 1. The van der Waals surface area contributed by atoms with Crippen LogP contribution in [-0.2, 0) is 0 Å². The molecule has 0 aliphatic carbocycles. The SMILES string of the molecule is Cc1ccccc1-c1nc(N2CCN(C)CC2)ccc1N. The van der Waals surface area contributed by atoms with E-state index in [1.54, 1.807) is 0 Å². The molecule has 0 radical (unpaired) electrons. The summed E-state index contributed by atoms with van der Waals surface area (Å²) in [5, 5.41) is 0. The van der Waals surface area contributed by atoms with Crippen molar-refractivity contribution in [3.05, 3.63) is 42.0 Å². The molecule has 0 bridgehead atoms. The Morgan fingerprint density at radius 1 is 1.00 bits per heavy atom. The Kier molecular flexibility index (Phi) is 3.80. The van der Waals surface area contributed by atoms with Crippen LogP contribution in [0.2, 0.25) is 0 Å². The zero-order valence-corrected chi connectivity index (χ0v) is 12.7. The van der Waals surface area contributed by atoms with Crippen molar-refractivity contribution >= 4 is 11.5 Å². The number of nitrogen functional groups attached to an aromatic ring is 1. The van der Waals surface area contributed by atoms with E-state index < -0.39 is 0 Å². The Hall–Kier alpha value is -2.07. The normalized spacial score (nSPS) is 16.2. The van der Waals surface area contributed by atoms with Crippen LogP contribution in [0.15, 0.2) is 36.4 Å². The number of aromatic nitrogens is 1. The summed E-state index contributed by atoms with van der Waals surface area (Å²) in [6.07, 6.45) is 0. The van der Waals surface area contributed by atoms with Crippen molar-refractivity contribution < 1.29 is 0 Å². The van der Waals surface area contributed by atoms with Crippen LogP contribution in [0.4, 0.5) is 11.5 Å². The van der Waals surface area contributed by atoms with Crippen molar-refractivity contribution in [3.63, 3.8) is 0 Å². The highest BCUT2D eigenvalue weighted by atomic mass is 15.3. The molecule has 1 aliphatic rings. The molecule has 0 atom stereocenters. The molecular formula is C17H22N4. The minimum atomic E-state index is 0.738. The fourth-order valence-electron chi connectivity index (χ4n) is 2.73. The molecule has 2 N–H and O–H groups in total. The number of nitrogens with zero attached hydrogens (tertiary/aromatic N) is 3. The van der Waals surface area contributed by atoms with Crippen molar-refractivity contribution in [3.8, 4) is 11.3 Å². The molecule has 4 heteroatoms. The number of hydrogen-bond acceptors (Lipinski definition) is 4. The summed E-state index contributed by atoms with van der Waals surface area (Å²) in [6, 6.07) is 12.3. The second-order valence-electron chi connectivity index (χ2n) is 5.71. The van der Waals surface area contributed by atoms with E-state index in [1.165, 1.54) is 5.56 Å². The maximum absolute atomic E-state index is 6.15. The van der Waals surface area contributed by atoms with E-state index in [2.05, 4.69) is 35.9 Å². The number of pyridine rings is 1. The smallest absolute Gasteiger partial charge is 0.129 e. The zero-order chi connectivity index (χ0) is 14.8. The van der Waals surface area contributed by atoms with E-state index in [0.717, 1.165) is 48.9 Å². The van der Waals surface area contributed by atoms with E-state index in [-0.39, 0.29) is 0 Å². The molecule has 0 amide bonds. The lowest BCUT2D eigenvalue weighted by atomic mass is 10.0. The summed E-state index contributed by atoms with van der Waals surface area (Å²) in [7, 11) is 2.16. The van der Waals surface area contributed by atoms with E-state index in [4.69, 9.17) is 10.7 Å². The van der Waals surface area contributed by atoms with Crippen LogP contribution in [0.3, 0.4) is 0 Å². The molecule has 1 aliphatic heterocycles. The van der Waals surface area contributed by atoms with E-state index in [0.29, 0.717) is 0 Å². The van der Waals surface area contributed by atoms with Crippen molar-refractivity contribution in [2.75, 3.05) is 43.9 Å². The maximum atomic E-state index is 6.15. The van der Waals surface area contributed by atoms with Crippen molar-refractivity contribution in [1.29, 1.82) is 0 Å². The van der Waals surface area contributed by atoms with Gasteiger partial charge in [-0.15, -0.1) is 0 Å². The van der Waals surface area contributed by atoms with Gasteiger partial charge in [0.25, 0.3) is 0 Å². The lowest BCUT2D eigenvalue weighted by Crippen LogP contribution is -2.44. The quantitative estimate of drug-likeness (QED) is 0.918. The van der Waals surface area contributed by atoms with Crippen molar-refractivity contribution in [1.82, 2.24) is 9.88 Å². The highest BCUT2D eigenvalue weighted by molar-refractivity contribution is 5.76. The molecule has 1 aromatic carbocycles. The van der Waals surface area contributed by atoms with Crippen LogP contribution in [0, 0.1) is 6.92 Å². The topological polar surface area (TPSA) is 45.4 Å². The monoisotopic (exact) mass is 282 g/mol. The third-order valence-corrected chi connectivity index (χ3v) is 4.14. The molecule has 3 rings (SSSR count). The predicted molar refractivity (Wildman–Crippen MR) is 88.5 cm³/mol. The van der Waals surface area contributed by atoms with Gasteiger partial charge in [-0.3, -0.25) is 0 Å². The van der Waals surface area contributed by atoms with Gasteiger partial charge in [0, 0.05) is 31.7 Å². The van der Waals surface area contributed by atoms with Crippen LogP contribution >= 0.6 is 0 Å². The van der Waals surface area contributed by atoms with Gasteiger partial charge in [0.2, 0.25) is 0 Å². The first kappa shape index (κ1) is 13.9. The predicted octanol–water partition coefficient (Wildman–Crippen LogP) is 2.39. The average molecular weight is 282 g/mol. The molecule has 110 valence electrons. The standard InChI is InChI=1S/C17H22N4/c1-13-5-3-4-6-14(13)17-15(18)7-8-16(19-17)21-11-9-20(2)10-12-21/h3-8H,9-12,18H2,1-2H3. The second kappa shape index (κ2) is 5.74. The first-order valence-corrected chi connectivity index (χ1v) is 7.41. The molecule has 1 fully saturated rings. The number of piperazine rings is 1. The van der Waals surface area contributed by atoms with Gasteiger partial charge >= 0.3 is 0 Å². The third kappa shape index (κ3) is 2.85. The summed E-state index contributed by atoms with van der Waals surface area (Å²) >= 11 is 0. The Labute approximate surface area is 126 Å². The fraction of sp³-hybridized carbons (Fsp3) is 0.353. The Morgan fingerprint density at radius 3 is 2.43 bits per heavy atom. The Morgan fingerprint density at radius 2 is 1.71 bits per heavy atom. The molecular weight excluding hydrogens is 260 g/mol. The van der Waals surface area contributed by atoms with Gasteiger partial charge in [-0.1, -0.05) is 24.3 Å². The minimum absolute atomic E-state index is 0.738. The van der Waals surface area contributed by atoms with Gasteiger partial charge in [-0.25, -0.2) is 4.98 Å². The van der Waals surface area contributed by atoms with Crippen LogP contribution in [-0.4, -0.2) is 43.1 Å². The summed E-state index contributed by atoms with van der Waals surface area (Å²) in [5.41, 5.74) is 10.1. The van der Waals surface area contributed by atoms with Crippen LogP contribution in [0.5, 0.6) is 0 Å². The lowest BCUT2D eigenvalue weighted by molar-refractivity contribution is 0.312. The second-order valence-corrected chi connectivity index (χ2v) is 5.71. The van der Waals surface area contributed by atoms with E-state index >= 15 is 0 Å². The Balaban J connectivity index is 1.95. The molecule has 2 heterocycles. The largest absolute Gasteiger partial charge is 0.397 e. The van der Waals surface area contributed by atoms with E-state index in [9.17, 15) is 0 Å². The zero-order valence-electron chi connectivity index (χ0n) is 12.7. The summed E-state index contributed by atoms with van der Waals surface area (Å²) < 4.78 is 0. The molecule has 1 aromatic heterocycles. The van der Waals surface area contributed by atoms with Gasteiger partial charge < -0.3 is 15.5 Å². The molecule has 0 unspecified atom stereocenters. The molecule has 1 saturated heterocycles. The number of rotatable bonds is 2. The fourth-order valence-corrected chi connectivity index (χ4v) is 2.73. The molecule has 21 heavy (non-hydrogen) atoms. The third-order valence-electron chi connectivity index (χ3n) is 4.14. The van der Waals surface area contributed by atoms with Gasteiger partial charge in [0.1, 0.15) is 5.82 Å². The lowest BCUT2D eigenvalue weighted by Gasteiger charge is -2.33. The summed E-state index contributed by atoms with van der Waals surface area (Å²) in [5.74, 6) is 1.02. The highest BCUT2D eigenvalue weighted by Gasteiger charge is 2.17. The van der Waals surface area contributed by atoms with Crippen molar-refractivity contribution in [2.45, 2.75) is 6.92 Å². The highest BCUT2D eigenvalue weighted by Crippen LogP contribution is 2.29. The minimum Gasteiger partial charge on any atom is -0.397 e. The van der Waals surface area contributed by atoms with Crippen LogP contribution < -0.4 is 10.6 Å². The van der Waals surface area contributed by atoms with E-state index in [1.807, 2.05) is 24.3 Å². The number of anilines is 2. The van der Waals surface area contributed by atoms with Crippen LogP contribution in [0.25, 0.3) is 11.3 Å². The van der Waals surface area contributed by atoms with Crippen molar-refractivity contribution in [2.24, 2.45) is 0 Å². The molecule has 4 nitrogen and oxygen atoms in total. The molecule has 0 saturated carbocycles. The maximum Gasteiger partial charge on any atom is 0.129 e. The van der Waals surface area contributed by atoms with Gasteiger partial charge in [-0.2, -0.15) is 0 Å².